The second kappa shape index (κ2) is 1.12. The van der Waals surface area contributed by atoms with Crippen LogP contribution in [0.15, 0.2) is 12.7 Å². The zero-order valence-electron chi connectivity index (χ0n) is 6.28. The first kappa shape index (κ1) is 5.52. The molecule has 2 fully saturated rings. The Morgan fingerprint density at radius 3 is 2.44 bits per heavy atom. The van der Waals surface area contributed by atoms with Crippen LogP contribution in [0.25, 0.3) is 0 Å². The quantitative estimate of drug-likeness (QED) is 0.494. The van der Waals surface area contributed by atoms with Gasteiger partial charge < -0.3 is 0 Å². The Morgan fingerprint density at radius 1 is 1.78 bits per heavy atom. The molecule has 0 aliphatic heterocycles. The molecule has 50 valence electrons. The summed E-state index contributed by atoms with van der Waals surface area (Å²) in [5, 5.41) is 0. The highest BCUT2D eigenvalue weighted by atomic mass is 14.9. The molecule has 0 aromatic heterocycles. The lowest BCUT2D eigenvalue weighted by molar-refractivity contribution is 0.494. The fraction of sp³-hybridized carbons (Fsp3) is 0.778. The van der Waals surface area contributed by atoms with Crippen molar-refractivity contribution in [3.8, 4) is 0 Å². The highest BCUT2D eigenvalue weighted by Gasteiger charge is 2.84. The van der Waals surface area contributed by atoms with Crippen LogP contribution in [0, 0.1) is 16.7 Å². The van der Waals surface area contributed by atoms with E-state index in [-0.39, 0.29) is 0 Å². The first-order chi connectivity index (χ1) is 4.17. The summed E-state index contributed by atoms with van der Waals surface area (Å²) in [7, 11) is 0. The normalized spacial score (nSPS) is 60.4. The maximum Gasteiger partial charge on any atom is -0.0170 e. The molecule has 3 atom stereocenters. The molecule has 9 heavy (non-hydrogen) atoms. The van der Waals surface area contributed by atoms with Crippen molar-refractivity contribution in [1.29, 1.82) is 0 Å². The van der Waals surface area contributed by atoms with Gasteiger partial charge in [0.1, 0.15) is 0 Å². The second-order valence-electron chi connectivity index (χ2n) is 3.96. The Morgan fingerprint density at radius 2 is 2.33 bits per heavy atom. The average Bonchev–Trinajstić information content (AvgIpc) is 2.54. The molecule has 0 bridgehead atoms. The summed E-state index contributed by atoms with van der Waals surface area (Å²) >= 11 is 0. The number of rotatable bonds is 2. The third-order valence-electron chi connectivity index (χ3n) is 3.90. The number of hydrogen-bond acceptors (Lipinski definition) is 0. The zero-order chi connectivity index (χ0) is 6.70. The lowest BCUT2D eigenvalue weighted by atomic mass is 10.0. The largest absolute Gasteiger partial charge is 0.103 e. The molecular weight excluding hydrogens is 108 g/mol. The summed E-state index contributed by atoms with van der Waals surface area (Å²) < 4.78 is 0. The molecule has 2 rings (SSSR count). The summed E-state index contributed by atoms with van der Waals surface area (Å²) in [6.07, 6.45) is 4.80. The van der Waals surface area contributed by atoms with Crippen molar-refractivity contribution >= 4 is 0 Å². The molecule has 0 radical (unpaired) electrons. The average molecular weight is 122 g/mol. The molecular formula is C9H14. The van der Waals surface area contributed by atoms with Crippen molar-refractivity contribution in [2.75, 3.05) is 0 Å². The van der Waals surface area contributed by atoms with Gasteiger partial charge in [-0.05, 0) is 29.6 Å². The summed E-state index contributed by atoms with van der Waals surface area (Å²) in [4.78, 5) is 0. The SMILES string of the molecule is C=CCC12CC1(C)C2C. The minimum Gasteiger partial charge on any atom is -0.103 e. The minimum absolute atomic E-state index is 0.745. The van der Waals surface area contributed by atoms with Crippen LogP contribution in [0.5, 0.6) is 0 Å². The van der Waals surface area contributed by atoms with E-state index in [1.807, 2.05) is 0 Å². The molecule has 0 N–H and O–H groups in total. The topological polar surface area (TPSA) is 0 Å². The van der Waals surface area contributed by atoms with Crippen molar-refractivity contribution in [3.63, 3.8) is 0 Å². The number of allylic oxidation sites excluding steroid dienone is 1. The van der Waals surface area contributed by atoms with E-state index in [1.165, 1.54) is 12.8 Å². The highest BCUT2D eigenvalue weighted by Crippen LogP contribution is 2.91. The van der Waals surface area contributed by atoms with Gasteiger partial charge in [0.05, 0.1) is 0 Å². The minimum atomic E-state index is 0.745. The first-order valence-electron chi connectivity index (χ1n) is 3.78. The van der Waals surface area contributed by atoms with Crippen LogP contribution in [0.2, 0.25) is 0 Å². The maximum absolute atomic E-state index is 3.78. The molecule has 2 aliphatic carbocycles. The van der Waals surface area contributed by atoms with Crippen LogP contribution >= 0.6 is 0 Å². The summed E-state index contributed by atoms with van der Waals surface area (Å²) in [5.74, 6) is 0.989. The summed E-state index contributed by atoms with van der Waals surface area (Å²) in [6.45, 7) is 8.55. The van der Waals surface area contributed by atoms with E-state index in [0.29, 0.717) is 0 Å². The maximum atomic E-state index is 3.78. The Kier molecular flexibility index (Phi) is 0.685. The Balaban J connectivity index is 2.09. The Hall–Kier alpha value is -0.260. The smallest absolute Gasteiger partial charge is 0.0170 e. The van der Waals surface area contributed by atoms with Crippen LogP contribution in [0.1, 0.15) is 26.7 Å². The van der Waals surface area contributed by atoms with Gasteiger partial charge in [0.25, 0.3) is 0 Å². The predicted molar refractivity (Wildman–Crippen MR) is 39.1 cm³/mol. The Labute approximate surface area is 57.0 Å². The molecule has 0 amide bonds. The van der Waals surface area contributed by atoms with Gasteiger partial charge >= 0.3 is 0 Å². The van der Waals surface area contributed by atoms with E-state index in [1.54, 1.807) is 0 Å². The molecule has 2 aliphatic rings. The molecule has 0 spiro atoms. The van der Waals surface area contributed by atoms with E-state index in [9.17, 15) is 0 Å². The molecule has 0 saturated heterocycles. The van der Waals surface area contributed by atoms with Gasteiger partial charge in [0.2, 0.25) is 0 Å². The zero-order valence-corrected chi connectivity index (χ0v) is 6.28. The summed E-state index contributed by atoms with van der Waals surface area (Å²) in [5.41, 5.74) is 1.50. The third kappa shape index (κ3) is 0.357. The number of fused-ring (bicyclic) bond motifs is 1. The third-order valence-corrected chi connectivity index (χ3v) is 3.90. The van der Waals surface area contributed by atoms with Gasteiger partial charge in [0.15, 0.2) is 0 Å². The van der Waals surface area contributed by atoms with E-state index in [2.05, 4.69) is 26.5 Å². The fourth-order valence-corrected chi connectivity index (χ4v) is 2.63. The van der Waals surface area contributed by atoms with Gasteiger partial charge in [-0.25, -0.2) is 0 Å². The molecule has 0 heteroatoms. The van der Waals surface area contributed by atoms with Crippen LogP contribution in [-0.2, 0) is 0 Å². The second-order valence-corrected chi connectivity index (χ2v) is 3.96. The van der Waals surface area contributed by atoms with Crippen LogP contribution in [0.4, 0.5) is 0 Å². The Bertz CT molecular complexity index is 171. The fourth-order valence-electron chi connectivity index (χ4n) is 2.63. The van der Waals surface area contributed by atoms with E-state index < -0.39 is 0 Å². The van der Waals surface area contributed by atoms with Crippen molar-refractivity contribution in [3.05, 3.63) is 12.7 Å². The molecule has 0 heterocycles. The lowest BCUT2D eigenvalue weighted by Crippen LogP contribution is -1.93. The van der Waals surface area contributed by atoms with Gasteiger partial charge in [-0.1, -0.05) is 19.9 Å². The van der Waals surface area contributed by atoms with Gasteiger partial charge in [-0.3, -0.25) is 0 Å². The summed E-state index contributed by atoms with van der Waals surface area (Å²) in [6, 6.07) is 0. The van der Waals surface area contributed by atoms with E-state index in [0.717, 1.165) is 16.7 Å². The lowest BCUT2D eigenvalue weighted by Gasteiger charge is -2.02. The van der Waals surface area contributed by atoms with E-state index in [4.69, 9.17) is 0 Å². The monoisotopic (exact) mass is 122 g/mol. The molecule has 2 saturated carbocycles. The van der Waals surface area contributed by atoms with Gasteiger partial charge in [-0.2, -0.15) is 0 Å². The van der Waals surface area contributed by atoms with E-state index >= 15 is 0 Å². The molecule has 3 unspecified atom stereocenters. The van der Waals surface area contributed by atoms with Gasteiger partial charge in [0, 0.05) is 0 Å². The highest BCUT2D eigenvalue weighted by molar-refractivity contribution is 5.34. The molecule has 0 aromatic rings. The van der Waals surface area contributed by atoms with Gasteiger partial charge in [-0.15, -0.1) is 6.58 Å². The van der Waals surface area contributed by atoms with Crippen molar-refractivity contribution in [2.24, 2.45) is 16.7 Å². The number of hydrogen-bond donors (Lipinski definition) is 0. The van der Waals surface area contributed by atoms with Crippen molar-refractivity contribution in [2.45, 2.75) is 26.7 Å². The standard InChI is InChI=1S/C9H14/c1-4-5-9-6-8(9,3)7(9)2/h4,7H,1,5-6H2,2-3H3. The first-order valence-corrected chi connectivity index (χ1v) is 3.78. The van der Waals surface area contributed by atoms with Crippen LogP contribution in [0.3, 0.4) is 0 Å². The van der Waals surface area contributed by atoms with Crippen molar-refractivity contribution in [1.82, 2.24) is 0 Å². The predicted octanol–water partition coefficient (Wildman–Crippen LogP) is 2.61. The molecule has 0 aromatic carbocycles. The molecule has 0 nitrogen and oxygen atoms in total. The van der Waals surface area contributed by atoms with Crippen molar-refractivity contribution < 1.29 is 0 Å². The van der Waals surface area contributed by atoms with Crippen LogP contribution in [-0.4, -0.2) is 0 Å². The van der Waals surface area contributed by atoms with Crippen LogP contribution < -0.4 is 0 Å².